The number of phosphoric ester groups is 1. The molecule has 8 atom stereocenters. The number of halogens is 1. The Morgan fingerprint density at radius 2 is 1.76 bits per heavy atom. The van der Waals surface area contributed by atoms with Crippen molar-refractivity contribution in [1.82, 2.24) is 5.01 Å². The minimum Gasteiger partial charge on any atom is -0.387 e. The maximum Gasteiger partial charge on any atom is 0.472 e. The third-order valence-corrected chi connectivity index (χ3v) is 10.7. The van der Waals surface area contributed by atoms with Crippen LogP contribution in [-0.4, -0.2) is 81.6 Å². The average molecular weight is 736 g/mol. The van der Waals surface area contributed by atoms with Crippen molar-refractivity contribution in [3.05, 3.63) is 46.9 Å². The Bertz CT molecular complexity index is 1470. The van der Waals surface area contributed by atoms with Crippen LogP contribution in [0.4, 0.5) is 4.39 Å². The minimum atomic E-state index is -4.69. The minimum absolute atomic E-state index is 0.0266. The molecule has 4 rings (SSSR count). The van der Waals surface area contributed by atoms with Crippen LogP contribution in [0, 0.1) is 23.1 Å². The number of aliphatic imine (C=N–C) groups is 1. The molecule has 0 aliphatic carbocycles. The number of hydrazone groups is 1. The molecule has 5 N–H and O–H groups in total. The topological polar surface area (TPSA) is 192 Å². The zero-order chi connectivity index (χ0) is 37.0. The lowest BCUT2D eigenvalue weighted by Crippen LogP contribution is -2.48. The number of amidine groups is 1. The third kappa shape index (κ3) is 11.6. The third-order valence-electron chi connectivity index (χ3n) is 9.79. The van der Waals surface area contributed by atoms with Crippen molar-refractivity contribution in [3.8, 4) is 6.07 Å². The van der Waals surface area contributed by atoms with Gasteiger partial charge in [0.25, 0.3) is 0 Å². The number of nitrogens with two attached hydrogens (primary N) is 1. The predicted octanol–water partition coefficient (Wildman–Crippen LogP) is 5.81. The number of hydrogen-bond donors (Lipinski definition) is 4. The van der Waals surface area contributed by atoms with E-state index in [0.717, 1.165) is 31.7 Å². The molecule has 0 bridgehead atoms. The number of ether oxygens (including phenoxy) is 2. The second-order valence-electron chi connectivity index (χ2n) is 14.1. The summed E-state index contributed by atoms with van der Waals surface area (Å²) in [7, 11) is -4.69. The number of fused-ring (bicyclic) bond motifs is 1. The van der Waals surface area contributed by atoms with Crippen molar-refractivity contribution in [2.75, 3.05) is 13.2 Å². The number of aliphatic hydroxyl groups excluding tert-OH is 2. The van der Waals surface area contributed by atoms with E-state index in [-0.39, 0.29) is 30.5 Å². The number of nitriles is 1. The molecular weight excluding hydrogens is 680 g/mol. The first kappa shape index (κ1) is 41.0. The standard InChI is InChI=1S/C36H55FN5O8P/c1-4-5-6-7-8-9-10-11-12-13-14-15-29(47-21-27-17-26(20-38)18-28(37)19-27)22-48-51(45,46)49-23-36(3)34(44)32(43)33(50-36)31-25(2)16-30-35(39)40-24-41-42(30)31/h16-19,24-25,29,31-34,43-44H,4-15,21-23H2,1-3H3,(H,45,46)(H2,39,40,41)/t25?,29-,31?,32-,33-,34-,36+/m0/s1. The zero-order valence-electron chi connectivity index (χ0n) is 30.0. The van der Waals surface area contributed by atoms with Gasteiger partial charge in [0.15, 0.2) is 5.84 Å². The molecule has 0 spiro atoms. The summed E-state index contributed by atoms with van der Waals surface area (Å²) in [6.45, 7) is 4.72. The molecule has 3 unspecified atom stereocenters. The van der Waals surface area contributed by atoms with Crippen LogP contribution < -0.4 is 5.73 Å². The van der Waals surface area contributed by atoms with Crippen LogP contribution in [-0.2, 0) is 29.7 Å². The van der Waals surface area contributed by atoms with E-state index in [0.29, 0.717) is 17.7 Å². The highest BCUT2D eigenvalue weighted by atomic mass is 31.2. The predicted molar refractivity (Wildman–Crippen MR) is 191 cm³/mol. The first-order valence-electron chi connectivity index (χ1n) is 18.2. The van der Waals surface area contributed by atoms with Crippen LogP contribution in [0.2, 0.25) is 0 Å². The van der Waals surface area contributed by atoms with Gasteiger partial charge in [0, 0.05) is 5.92 Å². The summed E-state index contributed by atoms with van der Waals surface area (Å²) in [4.78, 5) is 14.7. The number of unbranched alkanes of at least 4 members (excludes halogenated alkanes) is 10. The second-order valence-corrected chi connectivity index (χ2v) is 15.5. The van der Waals surface area contributed by atoms with Crippen molar-refractivity contribution >= 4 is 20.0 Å². The number of hydrogen-bond acceptors (Lipinski definition) is 12. The molecule has 1 saturated heterocycles. The molecule has 0 aromatic heterocycles. The van der Waals surface area contributed by atoms with Gasteiger partial charge in [-0.25, -0.2) is 13.9 Å². The van der Waals surface area contributed by atoms with Crippen molar-refractivity contribution in [1.29, 1.82) is 5.26 Å². The lowest BCUT2D eigenvalue weighted by atomic mass is 9.92. The number of aliphatic hydroxyl groups is 2. The smallest absolute Gasteiger partial charge is 0.387 e. The van der Waals surface area contributed by atoms with Gasteiger partial charge in [0.2, 0.25) is 0 Å². The molecule has 0 saturated carbocycles. The lowest BCUT2D eigenvalue weighted by Gasteiger charge is -2.34. The van der Waals surface area contributed by atoms with Gasteiger partial charge in [-0.3, -0.25) is 14.1 Å². The molecule has 15 heteroatoms. The fourth-order valence-electron chi connectivity index (χ4n) is 6.87. The Labute approximate surface area is 300 Å². The van der Waals surface area contributed by atoms with E-state index < -0.39 is 56.3 Å². The Balaban J connectivity index is 1.29. The van der Waals surface area contributed by atoms with E-state index >= 15 is 0 Å². The molecular formula is C36H55FN5O8P. The molecule has 1 fully saturated rings. The van der Waals surface area contributed by atoms with Crippen molar-refractivity contribution in [3.63, 3.8) is 0 Å². The summed E-state index contributed by atoms with van der Waals surface area (Å²) in [6, 6.07) is 5.34. The van der Waals surface area contributed by atoms with Gasteiger partial charge in [-0.2, -0.15) is 10.4 Å². The molecule has 0 radical (unpaired) electrons. The maximum atomic E-state index is 14.0. The Morgan fingerprint density at radius 3 is 2.43 bits per heavy atom. The average Bonchev–Trinajstić information content (AvgIpc) is 3.55. The van der Waals surface area contributed by atoms with Crippen LogP contribution in [0.1, 0.15) is 109 Å². The van der Waals surface area contributed by atoms with Crippen molar-refractivity contribution in [2.24, 2.45) is 21.7 Å². The van der Waals surface area contributed by atoms with Gasteiger partial charge in [0.1, 0.15) is 36.1 Å². The maximum absolute atomic E-state index is 14.0. The van der Waals surface area contributed by atoms with Gasteiger partial charge in [-0.15, -0.1) is 0 Å². The highest BCUT2D eigenvalue weighted by Crippen LogP contribution is 2.47. The SMILES string of the molecule is CCCCCCCCCCCCC[C@@H](COP(=O)(O)OC[C@@]1(C)O[C@@H](C2C(C)C=C3C(N)=NC=NN32)[C@H](O)[C@@H]1O)OCc1cc(F)cc(C#N)c1. The Morgan fingerprint density at radius 1 is 1.10 bits per heavy atom. The van der Waals surface area contributed by atoms with Crippen molar-refractivity contribution in [2.45, 2.75) is 140 Å². The summed E-state index contributed by atoms with van der Waals surface area (Å²) in [5.41, 5.74) is 5.64. The summed E-state index contributed by atoms with van der Waals surface area (Å²) >= 11 is 0. The highest BCUT2D eigenvalue weighted by Gasteiger charge is 2.57. The summed E-state index contributed by atoms with van der Waals surface area (Å²) in [5, 5.41) is 37.1. The summed E-state index contributed by atoms with van der Waals surface area (Å²) < 4.78 is 50.0. The number of nitrogens with zero attached hydrogens (tertiary/aromatic N) is 4. The largest absolute Gasteiger partial charge is 0.472 e. The molecule has 284 valence electrons. The van der Waals surface area contributed by atoms with Crippen LogP contribution >= 0.6 is 7.82 Å². The Hall–Kier alpha value is -2.73. The fraction of sp³-hybridized carbons (Fsp3) is 0.694. The lowest BCUT2D eigenvalue weighted by molar-refractivity contribution is -0.113. The number of rotatable bonds is 22. The van der Waals surface area contributed by atoms with Crippen LogP contribution in [0.5, 0.6) is 0 Å². The molecule has 3 aliphatic heterocycles. The molecule has 3 heterocycles. The molecule has 13 nitrogen and oxygen atoms in total. The first-order valence-corrected chi connectivity index (χ1v) is 19.7. The van der Waals surface area contributed by atoms with Crippen LogP contribution in [0.15, 0.2) is 40.1 Å². The molecule has 1 aromatic rings. The van der Waals surface area contributed by atoms with E-state index in [2.05, 4.69) is 17.0 Å². The number of benzene rings is 1. The quantitative estimate of drug-likeness (QED) is 0.0829. The normalized spacial score (nSPS) is 27.5. The summed E-state index contributed by atoms with van der Waals surface area (Å²) in [6.07, 6.45) is 12.1. The van der Waals surface area contributed by atoms with Crippen LogP contribution in [0.25, 0.3) is 0 Å². The second kappa shape index (κ2) is 19.4. The van der Waals surface area contributed by atoms with E-state index in [9.17, 15) is 29.3 Å². The van der Waals surface area contributed by atoms with Gasteiger partial charge >= 0.3 is 7.82 Å². The fourth-order valence-corrected chi connectivity index (χ4v) is 7.72. The van der Waals surface area contributed by atoms with Crippen LogP contribution in [0.3, 0.4) is 0 Å². The number of phosphoric acid groups is 1. The molecule has 0 amide bonds. The highest BCUT2D eigenvalue weighted by molar-refractivity contribution is 7.47. The molecule has 3 aliphatic rings. The van der Waals surface area contributed by atoms with E-state index in [1.165, 1.54) is 70.3 Å². The van der Waals surface area contributed by atoms with E-state index in [1.54, 1.807) is 5.01 Å². The first-order chi connectivity index (χ1) is 24.4. The Kier molecular flexibility index (Phi) is 15.6. The molecule has 1 aromatic carbocycles. The van der Waals surface area contributed by atoms with Gasteiger partial charge in [0.05, 0.1) is 49.3 Å². The zero-order valence-corrected chi connectivity index (χ0v) is 30.9. The van der Waals surface area contributed by atoms with Gasteiger partial charge < -0.3 is 30.3 Å². The van der Waals surface area contributed by atoms with Gasteiger partial charge in [-0.1, -0.05) is 90.6 Å². The molecule has 51 heavy (non-hydrogen) atoms. The summed E-state index contributed by atoms with van der Waals surface area (Å²) in [5.74, 6) is -0.468. The van der Waals surface area contributed by atoms with E-state index in [1.807, 2.05) is 19.1 Å². The van der Waals surface area contributed by atoms with E-state index in [4.69, 9.17) is 24.3 Å². The van der Waals surface area contributed by atoms with Gasteiger partial charge in [-0.05, 0) is 37.1 Å². The van der Waals surface area contributed by atoms with Crippen molar-refractivity contribution < 1.29 is 42.6 Å². The monoisotopic (exact) mass is 735 g/mol.